The molecular formula is C9H14N2O2. The molecule has 0 aliphatic heterocycles. The molecule has 0 aromatic carbocycles. The van der Waals surface area contributed by atoms with Crippen LogP contribution in [-0.4, -0.2) is 25.5 Å². The molecule has 0 saturated heterocycles. The standard InChI is InChI=1S/C9H14N2O2/c1-2-10-5-6-11-9(12)8-4-3-7-13-8/h3-4,7,10H,2,5-6H2,1H3,(H,11,12). The fourth-order valence-electron chi connectivity index (χ4n) is 0.936. The molecule has 0 saturated carbocycles. The molecule has 1 amide bonds. The number of furan rings is 1. The first-order valence-electron chi connectivity index (χ1n) is 4.37. The van der Waals surface area contributed by atoms with Crippen molar-refractivity contribution in [3.63, 3.8) is 0 Å². The topological polar surface area (TPSA) is 54.3 Å². The maximum absolute atomic E-state index is 11.2. The van der Waals surface area contributed by atoms with Crippen LogP contribution in [0.25, 0.3) is 0 Å². The SMILES string of the molecule is CCNCCNC(=O)c1ccco1. The van der Waals surface area contributed by atoms with Crippen LogP contribution in [-0.2, 0) is 0 Å². The van der Waals surface area contributed by atoms with Crippen molar-refractivity contribution in [3.05, 3.63) is 24.2 Å². The average Bonchev–Trinajstić information content (AvgIpc) is 2.65. The van der Waals surface area contributed by atoms with Crippen LogP contribution in [0.4, 0.5) is 0 Å². The van der Waals surface area contributed by atoms with Crippen LogP contribution in [0.1, 0.15) is 17.5 Å². The Morgan fingerprint density at radius 3 is 3.00 bits per heavy atom. The van der Waals surface area contributed by atoms with Gasteiger partial charge in [0.1, 0.15) is 0 Å². The second-order valence-corrected chi connectivity index (χ2v) is 2.59. The molecule has 0 unspecified atom stereocenters. The summed E-state index contributed by atoms with van der Waals surface area (Å²) in [6.07, 6.45) is 1.49. The van der Waals surface area contributed by atoms with Crippen LogP contribution in [0.2, 0.25) is 0 Å². The summed E-state index contributed by atoms with van der Waals surface area (Å²) < 4.78 is 4.92. The monoisotopic (exact) mass is 182 g/mol. The Balaban J connectivity index is 2.19. The van der Waals surface area contributed by atoms with Gasteiger partial charge in [-0.3, -0.25) is 4.79 Å². The van der Waals surface area contributed by atoms with Crippen molar-refractivity contribution in [2.75, 3.05) is 19.6 Å². The number of amides is 1. The summed E-state index contributed by atoms with van der Waals surface area (Å²) in [5.41, 5.74) is 0. The third-order valence-electron chi connectivity index (χ3n) is 1.58. The molecule has 0 radical (unpaired) electrons. The molecule has 72 valence electrons. The van der Waals surface area contributed by atoms with Gasteiger partial charge in [-0.25, -0.2) is 0 Å². The van der Waals surface area contributed by atoms with Gasteiger partial charge in [0, 0.05) is 13.1 Å². The summed E-state index contributed by atoms with van der Waals surface area (Å²) in [5.74, 6) is 0.194. The Morgan fingerprint density at radius 2 is 2.38 bits per heavy atom. The van der Waals surface area contributed by atoms with Crippen LogP contribution in [0.15, 0.2) is 22.8 Å². The lowest BCUT2D eigenvalue weighted by Crippen LogP contribution is -2.31. The van der Waals surface area contributed by atoms with Gasteiger partial charge in [0.2, 0.25) is 0 Å². The first-order chi connectivity index (χ1) is 6.34. The van der Waals surface area contributed by atoms with Crippen molar-refractivity contribution in [3.8, 4) is 0 Å². The zero-order valence-electron chi connectivity index (χ0n) is 7.67. The summed E-state index contributed by atoms with van der Waals surface area (Å²) in [5, 5.41) is 5.83. The maximum Gasteiger partial charge on any atom is 0.287 e. The first-order valence-corrected chi connectivity index (χ1v) is 4.37. The van der Waals surface area contributed by atoms with E-state index in [1.165, 1.54) is 6.26 Å². The molecule has 4 heteroatoms. The Kier molecular flexibility index (Phi) is 4.05. The molecule has 1 rings (SSSR count). The average molecular weight is 182 g/mol. The second kappa shape index (κ2) is 5.37. The summed E-state index contributed by atoms with van der Waals surface area (Å²) in [6.45, 7) is 4.33. The minimum absolute atomic E-state index is 0.164. The molecule has 4 nitrogen and oxygen atoms in total. The first kappa shape index (κ1) is 9.80. The molecule has 1 heterocycles. The zero-order chi connectivity index (χ0) is 9.52. The van der Waals surface area contributed by atoms with Gasteiger partial charge >= 0.3 is 0 Å². The number of likely N-dealkylation sites (N-methyl/N-ethyl adjacent to an activating group) is 1. The predicted octanol–water partition coefficient (Wildman–Crippen LogP) is 0.619. The Morgan fingerprint density at radius 1 is 1.54 bits per heavy atom. The molecule has 13 heavy (non-hydrogen) atoms. The van der Waals surface area contributed by atoms with Gasteiger partial charge in [-0.1, -0.05) is 6.92 Å². The van der Waals surface area contributed by atoms with E-state index in [4.69, 9.17) is 4.42 Å². The van der Waals surface area contributed by atoms with E-state index in [1.807, 2.05) is 6.92 Å². The lowest BCUT2D eigenvalue weighted by molar-refractivity contribution is 0.0926. The van der Waals surface area contributed by atoms with Crippen molar-refractivity contribution >= 4 is 5.91 Å². The molecule has 0 fully saturated rings. The van der Waals surface area contributed by atoms with E-state index in [-0.39, 0.29) is 5.91 Å². The molecule has 0 aliphatic carbocycles. The van der Waals surface area contributed by atoms with Gasteiger partial charge in [-0.05, 0) is 18.7 Å². The van der Waals surface area contributed by atoms with E-state index in [2.05, 4.69) is 10.6 Å². The summed E-state index contributed by atoms with van der Waals surface area (Å²) in [4.78, 5) is 11.2. The molecule has 1 aromatic heterocycles. The molecule has 0 spiro atoms. The number of carbonyl (C=O) groups is 1. The highest BCUT2D eigenvalue weighted by Gasteiger charge is 2.05. The van der Waals surface area contributed by atoms with Crippen molar-refractivity contribution < 1.29 is 9.21 Å². The van der Waals surface area contributed by atoms with E-state index in [0.29, 0.717) is 12.3 Å². The fourth-order valence-corrected chi connectivity index (χ4v) is 0.936. The Hall–Kier alpha value is -1.29. The molecular weight excluding hydrogens is 168 g/mol. The lowest BCUT2D eigenvalue weighted by Gasteiger charge is -2.02. The van der Waals surface area contributed by atoms with E-state index in [0.717, 1.165) is 13.1 Å². The number of nitrogens with one attached hydrogen (secondary N) is 2. The van der Waals surface area contributed by atoms with Crippen molar-refractivity contribution in [2.45, 2.75) is 6.92 Å². The van der Waals surface area contributed by atoms with E-state index >= 15 is 0 Å². The Bertz CT molecular complexity index is 244. The third kappa shape index (κ3) is 3.29. The van der Waals surface area contributed by atoms with Gasteiger partial charge < -0.3 is 15.1 Å². The molecule has 0 bridgehead atoms. The number of carbonyl (C=O) groups excluding carboxylic acids is 1. The van der Waals surface area contributed by atoms with Gasteiger partial charge in [0.15, 0.2) is 5.76 Å². The Labute approximate surface area is 77.3 Å². The van der Waals surface area contributed by atoms with Crippen molar-refractivity contribution in [1.29, 1.82) is 0 Å². The zero-order valence-corrected chi connectivity index (χ0v) is 7.67. The van der Waals surface area contributed by atoms with Gasteiger partial charge in [0.05, 0.1) is 6.26 Å². The summed E-state index contributed by atoms with van der Waals surface area (Å²) >= 11 is 0. The van der Waals surface area contributed by atoms with Crippen molar-refractivity contribution in [1.82, 2.24) is 10.6 Å². The van der Waals surface area contributed by atoms with E-state index in [1.54, 1.807) is 12.1 Å². The van der Waals surface area contributed by atoms with E-state index < -0.39 is 0 Å². The van der Waals surface area contributed by atoms with Crippen LogP contribution < -0.4 is 10.6 Å². The largest absolute Gasteiger partial charge is 0.459 e. The minimum atomic E-state index is -0.164. The smallest absolute Gasteiger partial charge is 0.287 e. The summed E-state index contributed by atoms with van der Waals surface area (Å²) in [6, 6.07) is 3.34. The number of rotatable bonds is 5. The second-order valence-electron chi connectivity index (χ2n) is 2.59. The molecule has 1 aromatic rings. The maximum atomic E-state index is 11.2. The third-order valence-corrected chi connectivity index (χ3v) is 1.58. The van der Waals surface area contributed by atoms with Crippen LogP contribution in [0, 0.1) is 0 Å². The van der Waals surface area contributed by atoms with Crippen LogP contribution >= 0.6 is 0 Å². The highest BCUT2D eigenvalue weighted by Crippen LogP contribution is 1.98. The number of hydrogen-bond donors (Lipinski definition) is 2. The highest BCUT2D eigenvalue weighted by molar-refractivity contribution is 5.91. The summed E-state index contributed by atoms with van der Waals surface area (Å²) in [7, 11) is 0. The van der Waals surface area contributed by atoms with Crippen molar-refractivity contribution in [2.24, 2.45) is 0 Å². The normalized spacial score (nSPS) is 9.92. The molecule has 0 aliphatic rings. The highest BCUT2D eigenvalue weighted by atomic mass is 16.3. The van der Waals surface area contributed by atoms with Gasteiger partial charge in [-0.15, -0.1) is 0 Å². The fraction of sp³-hybridized carbons (Fsp3) is 0.444. The van der Waals surface area contributed by atoms with Gasteiger partial charge in [-0.2, -0.15) is 0 Å². The minimum Gasteiger partial charge on any atom is -0.459 e. The van der Waals surface area contributed by atoms with E-state index in [9.17, 15) is 4.79 Å². The molecule has 0 atom stereocenters. The predicted molar refractivity (Wildman–Crippen MR) is 49.6 cm³/mol. The lowest BCUT2D eigenvalue weighted by atomic mass is 10.4. The number of hydrogen-bond acceptors (Lipinski definition) is 3. The quantitative estimate of drug-likeness (QED) is 0.656. The molecule has 2 N–H and O–H groups in total. The van der Waals surface area contributed by atoms with Crippen LogP contribution in [0.5, 0.6) is 0 Å². The van der Waals surface area contributed by atoms with Gasteiger partial charge in [0.25, 0.3) is 5.91 Å². The van der Waals surface area contributed by atoms with Crippen LogP contribution in [0.3, 0.4) is 0 Å².